The topological polar surface area (TPSA) is 21.1 Å². The smallest absolute Gasteiger partial charge is 0.0940 e. The fourth-order valence-electron chi connectivity index (χ4n) is 2.17. The molecule has 0 radical (unpaired) electrons. The fraction of sp³-hybridized carbons (Fsp3) is 0.769. The Morgan fingerprint density at radius 3 is 2.25 bits per heavy atom. The molecule has 0 aromatic carbocycles. The molecule has 2 rings (SSSR count). The van der Waals surface area contributed by atoms with Gasteiger partial charge in [-0.3, -0.25) is 9.58 Å². The molecule has 0 amide bonds. The summed E-state index contributed by atoms with van der Waals surface area (Å²) in [7, 11) is 0. The zero-order valence-electron chi connectivity index (χ0n) is 11.3. The molecule has 0 atom stereocenters. The summed E-state index contributed by atoms with van der Waals surface area (Å²) >= 11 is 0. The van der Waals surface area contributed by atoms with E-state index in [1.54, 1.807) is 0 Å². The van der Waals surface area contributed by atoms with Gasteiger partial charge in [-0.05, 0) is 26.2 Å². The van der Waals surface area contributed by atoms with Crippen LogP contribution in [0.3, 0.4) is 0 Å². The zero-order valence-corrected chi connectivity index (χ0v) is 11.3. The molecule has 3 heteroatoms. The van der Waals surface area contributed by atoms with Gasteiger partial charge < -0.3 is 0 Å². The Bertz CT molecular complexity index is 390. The average Bonchev–Trinajstić information content (AvgIpc) is 2.53. The van der Waals surface area contributed by atoms with Crippen LogP contribution in [0.15, 0.2) is 6.20 Å². The van der Waals surface area contributed by atoms with Crippen molar-refractivity contribution in [1.82, 2.24) is 14.7 Å². The summed E-state index contributed by atoms with van der Waals surface area (Å²) in [5.74, 6) is 0. The first-order valence-electron chi connectivity index (χ1n) is 6.00. The lowest BCUT2D eigenvalue weighted by atomic mass is 9.87. The molecule has 16 heavy (non-hydrogen) atoms. The lowest BCUT2D eigenvalue weighted by molar-refractivity contribution is 0.115. The van der Waals surface area contributed by atoms with Crippen LogP contribution in [0.25, 0.3) is 0 Å². The molecule has 3 nitrogen and oxygen atoms in total. The van der Waals surface area contributed by atoms with Crippen molar-refractivity contribution < 1.29 is 0 Å². The number of rotatable bonds is 0. The van der Waals surface area contributed by atoms with E-state index in [1.807, 2.05) is 6.20 Å². The number of nitrogens with zero attached hydrogens (tertiary/aromatic N) is 3. The first-order valence-corrected chi connectivity index (χ1v) is 6.00. The summed E-state index contributed by atoms with van der Waals surface area (Å²) < 4.78 is 2.14. The fourth-order valence-corrected chi connectivity index (χ4v) is 2.17. The molecule has 0 fully saturated rings. The zero-order chi connectivity index (χ0) is 12.1. The number of fused-ring (bicyclic) bond motifs is 1. The van der Waals surface area contributed by atoms with Crippen LogP contribution in [0.2, 0.25) is 0 Å². The Kier molecular flexibility index (Phi) is 2.42. The summed E-state index contributed by atoms with van der Waals surface area (Å²) in [4.78, 5) is 2.46. The van der Waals surface area contributed by atoms with Crippen LogP contribution in [0.5, 0.6) is 0 Å². The number of hydrogen-bond acceptors (Lipinski definition) is 2. The highest BCUT2D eigenvalue weighted by atomic mass is 15.4. The SMILES string of the molecule is CC(C)(C)c1cnn2c1CN(C(C)(C)C)C2. The first-order chi connectivity index (χ1) is 7.19. The average molecular weight is 221 g/mol. The third-order valence-electron chi connectivity index (χ3n) is 3.35. The van der Waals surface area contributed by atoms with Gasteiger partial charge in [0.2, 0.25) is 0 Å². The van der Waals surface area contributed by atoms with E-state index in [4.69, 9.17) is 0 Å². The van der Waals surface area contributed by atoms with Crippen molar-refractivity contribution in [1.29, 1.82) is 0 Å². The second kappa shape index (κ2) is 3.33. The van der Waals surface area contributed by atoms with Crippen LogP contribution in [-0.4, -0.2) is 20.2 Å². The number of hydrogen-bond donors (Lipinski definition) is 0. The molecule has 1 aliphatic heterocycles. The minimum absolute atomic E-state index is 0.196. The molecule has 1 aromatic rings. The molecular formula is C13H23N3. The van der Waals surface area contributed by atoms with Crippen molar-refractivity contribution in [3.63, 3.8) is 0 Å². The molecule has 0 saturated carbocycles. The van der Waals surface area contributed by atoms with E-state index in [-0.39, 0.29) is 11.0 Å². The van der Waals surface area contributed by atoms with Crippen LogP contribution in [0.1, 0.15) is 52.8 Å². The van der Waals surface area contributed by atoms with E-state index in [0.717, 1.165) is 13.2 Å². The van der Waals surface area contributed by atoms with Gasteiger partial charge in [0.1, 0.15) is 0 Å². The summed E-state index contributed by atoms with van der Waals surface area (Å²) in [6, 6.07) is 0. The Morgan fingerprint density at radius 2 is 1.75 bits per heavy atom. The Hall–Kier alpha value is -0.830. The van der Waals surface area contributed by atoms with Crippen molar-refractivity contribution in [2.45, 2.75) is 65.7 Å². The Morgan fingerprint density at radius 1 is 1.12 bits per heavy atom. The molecule has 90 valence electrons. The maximum absolute atomic E-state index is 4.50. The Labute approximate surface area is 98.4 Å². The van der Waals surface area contributed by atoms with E-state index in [9.17, 15) is 0 Å². The van der Waals surface area contributed by atoms with Gasteiger partial charge in [0, 0.05) is 17.6 Å². The van der Waals surface area contributed by atoms with Crippen molar-refractivity contribution >= 4 is 0 Å². The lowest BCUT2D eigenvalue weighted by Gasteiger charge is -2.30. The molecular weight excluding hydrogens is 198 g/mol. The van der Waals surface area contributed by atoms with E-state index in [2.05, 4.69) is 56.2 Å². The second-order valence-corrected chi connectivity index (χ2v) is 6.76. The van der Waals surface area contributed by atoms with E-state index >= 15 is 0 Å². The molecule has 2 heterocycles. The van der Waals surface area contributed by atoms with Gasteiger partial charge in [0.15, 0.2) is 0 Å². The predicted molar refractivity (Wildman–Crippen MR) is 66.2 cm³/mol. The predicted octanol–water partition coefficient (Wildman–Crippen LogP) is 2.75. The van der Waals surface area contributed by atoms with Crippen molar-refractivity contribution in [3.8, 4) is 0 Å². The third kappa shape index (κ3) is 1.88. The van der Waals surface area contributed by atoms with E-state index in [0.29, 0.717) is 0 Å². The molecule has 0 unspecified atom stereocenters. The van der Waals surface area contributed by atoms with Crippen molar-refractivity contribution in [2.24, 2.45) is 0 Å². The van der Waals surface area contributed by atoms with Gasteiger partial charge in [0.05, 0.1) is 18.6 Å². The highest BCUT2D eigenvalue weighted by Gasteiger charge is 2.32. The van der Waals surface area contributed by atoms with Gasteiger partial charge in [0.25, 0.3) is 0 Å². The van der Waals surface area contributed by atoms with Gasteiger partial charge in [-0.1, -0.05) is 20.8 Å². The van der Waals surface area contributed by atoms with Gasteiger partial charge in [-0.2, -0.15) is 5.10 Å². The second-order valence-electron chi connectivity index (χ2n) is 6.76. The van der Waals surface area contributed by atoms with Gasteiger partial charge in [-0.15, -0.1) is 0 Å². The third-order valence-corrected chi connectivity index (χ3v) is 3.35. The van der Waals surface area contributed by atoms with Gasteiger partial charge in [-0.25, -0.2) is 0 Å². The first kappa shape index (κ1) is 11.6. The van der Waals surface area contributed by atoms with Crippen LogP contribution in [0, 0.1) is 0 Å². The van der Waals surface area contributed by atoms with Crippen LogP contribution < -0.4 is 0 Å². The van der Waals surface area contributed by atoms with E-state index < -0.39 is 0 Å². The minimum Gasteiger partial charge on any atom is -0.274 e. The largest absolute Gasteiger partial charge is 0.274 e. The van der Waals surface area contributed by atoms with Crippen molar-refractivity contribution in [2.75, 3.05) is 0 Å². The molecule has 0 saturated heterocycles. The molecule has 0 aliphatic carbocycles. The molecule has 0 bridgehead atoms. The quantitative estimate of drug-likeness (QED) is 0.671. The highest BCUT2D eigenvalue weighted by molar-refractivity contribution is 5.27. The summed E-state index contributed by atoms with van der Waals surface area (Å²) in [5.41, 5.74) is 3.19. The lowest BCUT2D eigenvalue weighted by Crippen LogP contribution is -2.37. The van der Waals surface area contributed by atoms with Crippen LogP contribution >= 0.6 is 0 Å². The maximum Gasteiger partial charge on any atom is 0.0940 e. The summed E-state index contributed by atoms with van der Waals surface area (Å²) in [6.45, 7) is 15.5. The maximum atomic E-state index is 4.50. The molecule has 0 spiro atoms. The number of aromatic nitrogens is 2. The van der Waals surface area contributed by atoms with Gasteiger partial charge >= 0.3 is 0 Å². The van der Waals surface area contributed by atoms with E-state index in [1.165, 1.54) is 11.3 Å². The summed E-state index contributed by atoms with van der Waals surface area (Å²) in [5, 5.41) is 4.50. The Balaban J connectivity index is 2.30. The molecule has 0 N–H and O–H groups in total. The standard InChI is InChI=1S/C13H23N3/c1-12(2,3)10-7-14-16-9-15(8-11(10)16)13(4,5)6/h7H,8-9H2,1-6H3. The monoisotopic (exact) mass is 221 g/mol. The van der Waals surface area contributed by atoms with Crippen LogP contribution in [0.4, 0.5) is 0 Å². The van der Waals surface area contributed by atoms with Crippen LogP contribution in [-0.2, 0) is 18.6 Å². The molecule has 1 aliphatic rings. The normalized spacial score (nSPS) is 17.9. The molecule has 1 aromatic heterocycles. The minimum atomic E-state index is 0.196. The summed E-state index contributed by atoms with van der Waals surface area (Å²) in [6.07, 6.45) is 2.04. The highest BCUT2D eigenvalue weighted by Crippen LogP contribution is 2.32. The van der Waals surface area contributed by atoms with Crippen molar-refractivity contribution in [3.05, 3.63) is 17.5 Å².